The molecule has 0 saturated carbocycles. The van der Waals surface area contributed by atoms with Gasteiger partial charge in [0, 0.05) is 19.8 Å². The number of pyridine rings is 1. The molecule has 22 heavy (non-hydrogen) atoms. The first kappa shape index (κ1) is 16.7. The zero-order valence-electron chi connectivity index (χ0n) is 13.9. The van der Waals surface area contributed by atoms with Crippen molar-refractivity contribution in [2.24, 2.45) is 10.9 Å². The normalized spacial score (nSPS) is 17.5. The molecule has 0 bridgehead atoms. The second kappa shape index (κ2) is 9.41. The topological polar surface area (TPSA) is 52.5 Å². The minimum atomic E-state index is 0.704. The van der Waals surface area contributed by atoms with E-state index in [1.54, 1.807) is 0 Å². The standard InChI is InChI=1S/C17H29N5/c1-3-22-12-8-15(9-13-22)7-11-20-17(18-2)21-14-16-6-4-5-10-19-16/h4-6,10,15H,3,7-9,11-14H2,1-2H3,(H2,18,20,21). The van der Waals surface area contributed by atoms with Crippen LogP contribution in [-0.4, -0.2) is 49.1 Å². The van der Waals surface area contributed by atoms with Gasteiger partial charge in [-0.1, -0.05) is 13.0 Å². The number of nitrogens with zero attached hydrogens (tertiary/aromatic N) is 3. The molecule has 1 aliphatic rings. The molecule has 0 amide bonds. The fourth-order valence-corrected chi connectivity index (χ4v) is 2.88. The Morgan fingerprint density at radius 2 is 2.14 bits per heavy atom. The van der Waals surface area contributed by atoms with Gasteiger partial charge in [-0.15, -0.1) is 0 Å². The monoisotopic (exact) mass is 303 g/mol. The van der Waals surface area contributed by atoms with E-state index in [-0.39, 0.29) is 0 Å². The largest absolute Gasteiger partial charge is 0.356 e. The van der Waals surface area contributed by atoms with Crippen LogP contribution in [0.2, 0.25) is 0 Å². The highest BCUT2D eigenvalue weighted by Gasteiger charge is 2.17. The third-order valence-corrected chi connectivity index (χ3v) is 4.39. The molecule has 2 N–H and O–H groups in total. The molecule has 2 heterocycles. The fraction of sp³-hybridized carbons (Fsp3) is 0.647. The van der Waals surface area contributed by atoms with Crippen molar-refractivity contribution in [3.8, 4) is 0 Å². The van der Waals surface area contributed by atoms with Crippen molar-refractivity contribution in [3.05, 3.63) is 30.1 Å². The van der Waals surface area contributed by atoms with E-state index in [1.807, 2.05) is 31.4 Å². The smallest absolute Gasteiger partial charge is 0.191 e. The number of hydrogen-bond acceptors (Lipinski definition) is 3. The molecule has 1 aliphatic heterocycles. The molecule has 0 aromatic carbocycles. The zero-order chi connectivity index (χ0) is 15.6. The van der Waals surface area contributed by atoms with E-state index in [0.717, 1.165) is 24.1 Å². The minimum Gasteiger partial charge on any atom is -0.356 e. The first-order valence-corrected chi connectivity index (χ1v) is 8.38. The van der Waals surface area contributed by atoms with Crippen molar-refractivity contribution in [2.75, 3.05) is 33.2 Å². The molecular formula is C17H29N5. The van der Waals surface area contributed by atoms with E-state index in [0.29, 0.717) is 6.54 Å². The van der Waals surface area contributed by atoms with Gasteiger partial charge in [-0.05, 0) is 56.9 Å². The maximum absolute atomic E-state index is 4.30. The van der Waals surface area contributed by atoms with Gasteiger partial charge in [0.05, 0.1) is 12.2 Å². The summed E-state index contributed by atoms with van der Waals surface area (Å²) in [6.45, 7) is 7.64. The van der Waals surface area contributed by atoms with Crippen molar-refractivity contribution in [1.29, 1.82) is 0 Å². The predicted molar refractivity (Wildman–Crippen MR) is 91.9 cm³/mol. The molecule has 0 radical (unpaired) electrons. The molecule has 1 aromatic rings. The van der Waals surface area contributed by atoms with Crippen LogP contribution in [0.15, 0.2) is 29.4 Å². The van der Waals surface area contributed by atoms with Crippen LogP contribution in [0.1, 0.15) is 31.9 Å². The van der Waals surface area contributed by atoms with Crippen LogP contribution in [-0.2, 0) is 6.54 Å². The maximum Gasteiger partial charge on any atom is 0.191 e. The molecule has 5 nitrogen and oxygen atoms in total. The van der Waals surface area contributed by atoms with Gasteiger partial charge in [0.1, 0.15) is 0 Å². The Labute approximate surface area is 134 Å². The summed E-state index contributed by atoms with van der Waals surface area (Å²) in [7, 11) is 1.81. The van der Waals surface area contributed by atoms with Crippen LogP contribution in [0, 0.1) is 5.92 Å². The minimum absolute atomic E-state index is 0.704. The molecule has 122 valence electrons. The lowest BCUT2D eigenvalue weighted by Gasteiger charge is -2.31. The van der Waals surface area contributed by atoms with Crippen LogP contribution >= 0.6 is 0 Å². The second-order valence-corrected chi connectivity index (χ2v) is 5.84. The summed E-state index contributed by atoms with van der Waals surface area (Å²) in [5.41, 5.74) is 1.03. The van der Waals surface area contributed by atoms with E-state index >= 15 is 0 Å². The summed E-state index contributed by atoms with van der Waals surface area (Å²) in [6, 6.07) is 5.95. The van der Waals surface area contributed by atoms with Crippen molar-refractivity contribution < 1.29 is 0 Å². The lowest BCUT2D eigenvalue weighted by molar-refractivity contribution is 0.187. The Hall–Kier alpha value is -1.62. The van der Waals surface area contributed by atoms with Gasteiger partial charge in [-0.25, -0.2) is 0 Å². The third-order valence-electron chi connectivity index (χ3n) is 4.39. The van der Waals surface area contributed by atoms with Gasteiger partial charge in [0.2, 0.25) is 0 Å². The number of rotatable bonds is 6. The molecule has 0 atom stereocenters. The Morgan fingerprint density at radius 1 is 1.32 bits per heavy atom. The maximum atomic E-state index is 4.30. The summed E-state index contributed by atoms with van der Waals surface area (Å²) in [5.74, 6) is 1.71. The Kier molecular flexibility index (Phi) is 7.16. The number of guanidine groups is 1. The Balaban J connectivity index is 1.62. The molecule has 0 aliphatic carbocycles. The highest BCUT2D eigenvalue weighted by molar-refractivity contribution is 5.79. The lowest BCUT2D eigenvalue weighted by atomic mass is 9.93. The molecule has 0 unspecified atom stereocenters. The average molecular weight is 303 g/mol. The van der Waals surface area contributed by atoms with Gasteiger partial charge < -0.3 is 15.5 Å². The van der Waals surface area contributed by atoms with E-state index in [1.165, 1.54) is 38.9 Å². The molecular weight excluding hydrogens is 274 g/mol. The van der Waals surface area contributed by atoms with Gasteiger partial charge in [0.25, 0.3) is 0 Å². The molecule has 1 saturated heterocycles. The first-order valence-electron chi connectivity index (χ1n) is 8.38. The number of aliphatic imine (C=N–C) groups is 1. The average Bonchev–Trinajstić information content (AvgIpc) is 2.59. The van der Waals surface area contributed by atoms with E-state index in [9.17, 15) is 0 Å². The quantitative estimate of drug-likeness (QED) is 0.622. The zero-order valence-corrected chi connectivity index (χ0v) is 13.9. The van der Waals surface area contributed by atoms with Crippen molar-refractivity contribution in [2.45, 2.75) is 32.7 Å². The summed E-state index contributed by atoms with van der Waals surface area (Å²) in [4.78, 5) is 11.1. The summed E-state index contributed by atoms with van der Waals surface area (Å²) >= 11 is 0. The van der Waals surface area contributed by atoms with E-state index < -0.39 is 0 Å². The molecule has 1 fully saturated rings. The number of likely N-dealkylation sites (tertiary alicyclic amines) is 1. The van der Waals surface area contributed by atoms with Gasteiger partial charge in [-0.2, -0.15) is 0 Å². The predicted octanol–water partition coefficient (Wildman–Crippen LogP) is 1.87. The van der Waals surface area contributed by atoms with E-state index in [4.69, 9.17) is 0 Å². The fourth-order valence-electron chi connectivity index (χ4n) is 2.88. The summed E-state index contributed by atoms with van der Waals surface area (Å²) in [5, 5.41) is 6.72. The third kappa shape index (κ3) is 5.64. The van der Waals surface area contributed by atoms with Crippen molar-refractivity contribution in [3.63, 3.8) is 0 Å². The van der Waals surface area contributed by atoms with Crippen molar-refractivity contribution >= 4 is 5.96 Å². The highest BCUT2D eigenvalue weighted by atomic mass is 15.2. The van der Waals surface area contributed by atoms with Gasteiger partial charge in [0.15, 0.2) is 5.96 Å². The van der Waals surface area contributed by atoms with Crippen LogP contribution in [0.25, 0.3) is 0 Å². The molecule has 1 aromatic heterocycles. The second-order valence-electron chi connectivity index (χ2n) is 5.84. The van der Waals surface area contributed by atoms with Crippen LogP contribution in [0.4, 0.5) is 0 Å². The number of aromatic nitrogens is 1. The van der Waals surface area contributed by atoms with Crippen LogP contribution in [0.5, 0.6) is 0 Å². The van der Waals surface area contributed by atoms with Crippen LogP contribution < -0.4 is 10.6 Å². The number of piperidine rings is 1. The lowest BCUT2D eigenvalue weighted by Crippen LogP contribution is -2.39. The number of hydrogen-bond donors (Lipinski definition) is 2. The summed E-state index contributed by atoms with van der Waals surface area (Å²) < 4.78 is 0. The van der Waals surface area contributed by atoms with Crippen LogP contribution in [0.3, 0.4) is 0 Å². The SMILES string of the molecule is CCN1CCC(CCNC(=NC)NCc2ccccn2)CC1. The molecule has 5 heteroatoms. The van der Waals surface area contributed by atoms with E-state index in [2.05, 4.69) is 32.4 Å². The molecule has 0 spiro atoms. The van der Waals surface area contributed by atoms with Gasteiger partial charge in [-0.3, -0.25) is 9.98 Å². The highest BCUT2D eigenvalue weighted by Crippen LogP contribution is 2.19. The summed E-state index contributed by atoms with van der Waals surface area (Å²) in [6.07, 6.45) is 5.70. The Bertz CT molecular complexity index is 438. The number of nitrogens with one attached hydrogen (secondary N) is 2. The van der Waals surface area contributed by atoms with Crippen molar-refractivity contribution in [1.82, 2.24) is 20.5 Å². The van der Waals surface area contributed by atoms with Gasteiger partial charge >= 0.3 is 0 Å². The first-order chi connectivity index (χ1) is 10.8. The Morgan fingerprint density at radius 3 is 2.77 bits per heavy atom. The molecule has 2 rings (SSSR count).